The van der Waals surface area contributed by atoms with Gasteiger partial charge in [-0.3, -0.25) is 10.3 Å². The fourth-order valence-corrected chi connectivity index (χ4v) is 5.00. The molecule has 5 rings (SSSR count). The lowest BCUT2D eigenvalue weighted by Crippen LogP contribution is -2.31. The number of aryl methyl sites for hydroxylation is 1. The largest absolute Gasteiger partial charge is 0.573 e. The van der Waals surface area contributed by atoms with Gasteiger partial charge >= 0.3 is 12.5 Å². The second-order valence-electron chi connectivity index (χ2n) is 9.00. The molecule has 2 aliphatic rings. The first kappa shape index (κ1) is 25.4. The van der Waals surface area contributed by atoms with Crippen LogP contribution >= 0.6 is 0 Å². The van der Waals surface area contributed by atoms with Crippen molar-refractivity contribution in [1.82, 2.24) is 5.01 Å². The van der Waals surface area contributed by atoms with Crippen molar-refractivity contribution in [3.63, 3.8) is 0 Å². The molecule has 0 fully saturated rings. The van der Waals surface area contributed by atoms with E-state index in [9.17, 15) is 18.0 Å². The highest BCUT2D eigenvalue weighted by molar-refractivity contribution is 6.05. The van der Waals surface area contributed by atoms with Crippen molar-refractivity contribution in [1.29, 1.82) is 0 Å². The molecule has 38 heavy (non-hydrogen) atoms. The number of carbonyl (C=O) groups excluding carboxylic acids is 1. The van der Waals surface area contributed by atoms with E-state index in [1.54, 1.807) is 7.11 Å². The van der Waals surface area contributed by atoms with Crippen LogP contribution < -0.4 is 14.8 Å². The number of ether oxygens (including phenoxy) is 3. The number of methoxy groups -OCH3 is 1. The highest BCUT2D eigenvalue weighted by atomic mass is 19.4. The predicted molar refractivity (Wildman–Crippen MR) is 135 cm³/mol. The monoisotopic (exact) mass is 525 g/mol. The second-order valence-corrected chi connectivity index (χ2v) is 9.00. The second kappa shape index (κ2) is 10.6. The molecular formula is C28H26F3N3O4. The van der Waals surface area contributed by atoms with E-state index < -0.39 is 12.5 Å². The Morgan fingerprint density at radius 2 is 1.74 bits per heavy atom. The van der Waals surface area contributed by atoms with Gasteiger partial charge in [0.2, 0.25) is 0 Å². The molecule has 1 heterocycles. The molecule has 1 aliphatic heterocycles. The van der Waals surface area contributed by atoms with Crippen LogP contribution in [0, 0.1) is 5.92 Å². The van der Waals surface area contributed by atoms with E-state index >= 15 is 0 Å². The quantitative estimate of drug-likeness (QED) is 0.400. The molecule has 1 N–H and O–H groups in total. The maximum atomic E-state index is 12.3. The molecule has 2 unspecified atom stereocenters. The summed E-state index contributed by atoms with van der Waals surface area (Å²) in [5, 5.41) is 9.46. The van der Waals surface area contributed by atoms with Crippen molar-refractivity contribution in [2.75, 3.05) is 25.6 Å². The Bertz CT molecular complexity index is 1310. The Labute approximate surface area is 217 Å². The number of fused-ring (bicyclic) bond motifs is 3. The van der Waals surface area contributed by atoms with Crippen molar-refractivity contribution < 1.29 is 32.2 Å². The van der Waals surface area contributed by atoms with Gasteiger partial charge < -0.3 is 14.2 Å². The number of benzene rings is 3. The van der Waals surface area contributed by atoms with E-state index in [0.717, 1.165) is 47.6 Å². The van der Waals surface area contributed by atoms with Crippen molar-refractivity contribution in [3.05, 3.63) is 89.5 Å². The highest BCUT2D eigenvalue weighted by Crippen LogP contribution is 2.43. The van der Waals surface area contributed by atoms with E-state index in [1.165, 1.54) is 17.7 Å². The minimum Gasteiger partial charge on any atom is -0.497 e. The Morgan fingerprint density at radius 3 is 2.45 bits per heavy atom. The van der Waals surface area contributed by atoms with Crippen LogP contribution in [0.3, 0.4) is 0 Å². The topological polar surface area (TPSA) is 72.4 Å². The third-order valence-corrected chi connectivity index (χ3v) is 6.65. The van der Waals surface area contributed by atoms with Crippen molar-refractivity contribution in [2.45, 2.75) is 25.2 Å². The van der Waals surface area contributed by atoms with Gasteiger partial charge in [0.25, 0.3) is 0 Å². The molecule has 1 aliphatic carbocycles. The van der Waals surface area contributed by atoms with Gasteiger partial charge in [-0.25, -0.2) is 4.79 Å². The summed E-state index contributed by atoms with van der Waals surface area (Å²) < 4.78 is 51.5. The van der Waals surface area contributed by atoms with E-state index in [4.69, 9.17) is 14.6 Å². The summed E-state index contributed by atoms with van der Waals surface area (Å²) >= 11 is 0. The number of nitrogens with one attached hydrogen (secondary N) is 1. The minimum absolute atomic E-state index is 0.0166. The lowest BCUT2D eigenvalue weighted by Gasteiger charge is -2.30. The SMILES string of the molecule is COc1ccc(C2C3CCc4ccccc4C3=NN2CCOC(=O)Nc2ccc(OC(F)(F)F)cc2)cc1. The minimum atomic E-state index is -4.78. The van der Waals surface area contributed by atoms with Crippen LogP contribution in [0.25, 0.3) is 0 Å². The summed E-state index contributed by atoms with van der Waals surface area (Å²) in [6, 6.07) is 21.0. The number of rotatable bonds is 7. The standard InChI is InChI=1S/C28H26F3N3O4/c1-36-21-11-6-19(7-12-21)26-24-15-8-18-4-2-3-5-23(18)25(24)33-34(26)16-17-37-27(35)32-20-9-13-22(14-10-20)38-28(29,30)31/h2-7,9-14,24,26H,8,15-17H2,1H3,(H,32,35). The lowest BCUT2D eigenvalue weighted by molar-refractivity contribution is -0.274. The van der Waals surface area contributed by atoms with Crippen LogP contribution in [0.4, 0.5) is 23.7 Å². The van der Waals surface area contributed by atoms with Crippen LogP contribution in [0.5, 0.6) is 11.5 Å². The van der Waals surface area contributed by atoms with Crippen molar-refractivity contribution in [2.24, 2.45) is 11.0 Å². The fraction of sp³-hybridized carbons (Fsp3) is 0.286. The summed E-state index contributed by atoms with van der Waals surface area (Å²) in [4.78, 5) is 12.3. The van der Waals surface area contributed by atoms with Crippen LogP contribution in [0.15, 0.2) is 77.9 Å². The summed E-state index contributed by atoms with van der Waals surface area (Å²) in [6.07, 6.45) is -3.58. The number of halogens is 3. The fourth-order valence-electron chi connectivity index (χ4n) is 5.00. The molecule has 0 radical (unpaired) electrons. The van der Waals surface area contributed by atoms with Gasteiger partial charge in [0.05, 0.1) is 25.4 Å². The molecule has 0 spiro atoms. The average molecular weight is 526 g/mol. The molecule has 3 aromatic rings. The zero-order chi connectivity index (χ0) is 26.7. The first-order valence-corrected chi connectivity index (χ1v) is 12.2. The van der Waals surface area contributed by atoms with E-state index in [2.05, 4.69) is 22.2 Å². The molecule has 10 heteroatoms. The summed E-state index contributed by atoms with van der Waals surface area (Å²) in [6.45, 7) is 0.434. The molecule has 7 nitrogen and oxygen atoms in total. The summed E-state index contributed by atoms with van der Waals surface area (Å²) in [5.74, 6) is 0.591. The van der Waals surface area contributed by atoms with Gasteiger partial charge in [-0.1, -0.05) is 36.4 Å². The first-order valence-electron chi connectivity index (χ1n) is 12.2. The molecule has 0 saturated heterocycles. The van der Waals surface area contributed by atoms with Crippen LogP contribution in [-0.4, -0.2) is 43.4 Å². The molecule has 0 aromatic heterocycles. The van der Waals surface area contributed by atoms with E-state index in [-0.39, 0.29) is 30.0 Å². The number of nitrogens with zero attached hydrogens (tertiary/aromatic N) is 2. The summed E-state index contributed by atoms with van der Waals surface area (Å²) in [7, 11) is 1.63. The first-order chi connectivity index (χ1) is 18.3. The smallest absolute Gasteiger partial charge is 0.497 e. The Hall–Kier alpha value is -4.21. The zero-order valence-electron chi connectivity index (χ0n) is 20.6. The van der Waals surface area contributed by atoms with E-state index in [1.807, 2.05) is 41.4 Å². The highest BCUT2D eigenvalue weighted by Gasteiger charge is 2.41. The number of alkyl halides is 3. The third-order valence-electron chi connectivity index (χ3n) is 6.65. The van der Waals surface area contributed by atoms with Gasteiger partial charge in [-0.2, -0.15) is 5.10 Å². The number of hydrogen-bond acceptors (Lipinski definition) is 6. The molecule has 3 aromatic carbocycles. The number of anilines is 1. The zero-order valence-corrected chi connectivity index (χ0v) is 20.6. The number of hydrazone groups is 1. The predicted octanol–water partition coefficient (Wildman–Crippen LogP) is 6.17. The molecule has 1 amide bonds. The Kier molecular flexibility index (Phi) is 7.13. The maximum absolute atomic E-state index is 12.3. The van der Waals surface area contributed by atoms with Crippen LogP contribution in [0.1, 0.15) is 29.2 Å². The molecule has 0 saturated carbocycles. The number of amides is 1. The molecule has 0 bridgehead atoms. The van der Waals surface area contributed by atoms with Gasteiger partial charge in [0.1, 0.15) is 18.1 Å². The Morgan fingerprint density at radius 1 is 1.03 bits per heavy atom. The third kappa shape index (κ3) is 5.69. The number of hydrogen-bond donors (Lipinski definition) is 1. The lowest BCUT2D eigenvalue weighted by atomic mass is 9.77. The molecule has 198 valence electrons. The summed E-state index contributed by atoms with van der Waals surface area (Å²) in [5.41, 5.74) is 4.85. The van der Waals surface area contributed by atoms with Gasteiger partial charge in [-0.15, -0.1) is 13.2 Å². The van der Waals surface area contributed by atoms with Gasteiger partial charge in [0.15, 0.2) is 0 Å². The van der Waals surface area contributed by atoms with E-state index in [0.29, 0.717) is 6.54 Å². The molecular weight excluding hydrogens is 499 g/mol. The Balaban J connectivity index is 1.25. The average Bonchev–Trinajstić information content (AvgIpc) is 3.28. The van der Waals surface area contributed by atoms with Crippen molar-refractivity contribution in [3.8, 4) is 11.5 Å². The van der Waals surface area contributed by atoms with Gasteiger partial charge in [-0.05, 0) is 60.4 Å². The molecule has 2 atom stereocenters. The number of carbonyl (C=O) groups is 1. The van der Waals surface area contributed by atoms with Gasteiger partial charge in [0, 0.05) is 17.2 Å². The van der Waals surface area contributed by atoms with Crippen LogP contribution in [0.2, 0.25) is 0 Å². The van der Waals surface area contributed by atoms with Crippen molar-refractivity contribution >= 4 is 17.5 Å². The normalized spacial score (nSPS) is 18.2. The maximum Gasteiger partial charge on any atom is 0.573 e. The van der Waals surface area contributed by atoms with Crippen LogP contribution in [-0.2, 0) is 11.2 Å².